The number of aryl methyl sites for hydroxylation is 2. The average Bonchev–Trinajstić information content (AvgIpc) is 3.01. The van der Waals surface area contributed by atoms with E-state index < -0.39 is 17.7 Å². The van der Waals surface area contributed by atoms with Gasteiger partial charge in [0.15, 0.2) is 0 Å². The van der Waals surface area contributed by atoms with Crippen LogP contribution in [0.4, 0.5) is 5.69 Å². The Morgan fingerprint density at radius 1 is 0.900 bits per heavy atom. The molecule has 3 aromatic carbocycles. The minimum atomic E-state index is -0.711. The first kappa shape index (κ1) is 20.1. The van der Waals surface area contributed by atoms with Crippen LogP contribution >= 0.6 is 15.9 Å². The quantitative estimate of drug-likeness (QED) is 0.309. The molecule has 1 amide bonds. The van der Waals surface area contributed by atoms with Gasteiger partial charge in [-0.05, 0) is 54.8 Å². The van der Waals surface area contributed by atoms with Crippen molar-refractivity contribution in [1.29, 1.82) is 0 Å². The number of carbonyl (C=O) groups is 2. The van der Waals surface area contributed by atoms with Crippen molar-refractivity contribution in [3.8, 4) is 0 Å². The monoisotopic (exact) mass is 461 g/mol. The summed E-state index contributed by atoms with van der Waals surface area (Å²) in [6.07, 6.45) is 0. The van der Waals surface area contributed by atoms with Crippen molar-refractivity contribution in [2.24, 2.45) is 0 Å². The number of aliphatic hydroxyl groups excluding tert-OH is 1. The highest BCUT2D eigenvalue weighted by molar-refractivity contribution is 9.10. The standard InChI is InChI=1S/C25H20BrNO3/c1-15-8-6-7-11-19(15)22-21(23(28)17-12-13-20(26)16(2)14-17)24(29)25(30)27(22)18-9-4-3-5-10-18/h3-14,22,28H,1-2H3/b23-21+. The Morgan fingerprint density at radius 2 is 1.57 bits per heavy atom. The van der Waals surface area contributed by atoms with Gasteiger partial charge >= 0.3 is 0 Å². The lowest BCUT2D eigenvalue weighted by molar-refractivity contribution is -0.132. The second-order valence-electron chi connectivity index (χ2n) is 7.33. The second kappa shape index (κ2) is 7.92. The van der Waals surface area contributed by atoms with Gasteiger partial charge in [0.25, 0.3) is 11.7 Å². The molecule has 0 saturated carbocycles. The van der Waals surface area contributed by atoms with Crippen molar-refractivity contribution < 1.29 is 14.7 Å². The topological polar surface area (TPSA) is 57.6 Å². The molecule has 0 radical (unpaired) electrons. The highest BCUT2D eigenvalue weighted by Crippen LogP contribution is 2.43. The van der Waals surface area contributed by atoms with E-state index in [0.717, 1.165) is 21.2 Å². The Bertz CT molecular complexity index is 1180. The zero-order chi connectivity index (χ0) is 21.4. The van der Waals surface area contributed by atoms with Gasteiger partial charge in [0.05, 0.1) is 11.6 Å². The van der Waals surface area contributed by atoms with Crippen molar-refractivity contribution in [3.63, 3.8) is 0 Å². The number of carbonyl (C=O) groups excluding carboxylic acids is 2. The number of hydrogen-bond donors (Lipinski definition) is 1. The number of halogens is 1. The molecule has 1 heterocycles. The van der Waals surface area contributed by atoms with Gasteiger partial charge in [-0.3, -0.25) is 14.5 Å². The number of anilines is 1. The first-order valence-corrected chi connectivity index (χ1v) is 10.4. The minimum Gasteiger partial charge on any atom is -0.507 e. The van der Waals surface area contributed by atoms with E-state index >= 15 is 0 Å². The lowest BCUT2D eigenvalue weighted by Gasteiger charge is -2.26. The first-order chi connectivity index (χ1) is 14.4. The number of Topliss-reactive ketones (excluding diaryl/α,β-unsaturated/α-hetero) is 1. The average molecular weight is 462 g/mol. The summed E-state index contributed by atoms with van der Waals surface area (Å²) in [6.45, 7) is 3.84. The molecule has 1 N–H and O–H groups in total. The van der Waals surface area contributed by atoms with Crippen LogP contribution in [0.15, 0.2) is 82.8 Å². The van der Waals surface area contributed by atoms with Gasteiger partial charge in [-0.1, -0.05) is 64.5 Å². The third-order valence-corrected chi connectivity index (χ3v) is 6.28. The first-order valence-electron chi connectivity index (χ1n) is 9.58. The van der Waals surface area contributed by atoms with Crippen molar-refractivity contribution >= 4 is 39.1 Å². The molecule has 30 heavy (non-hydrogen) atoms. The molecule has 4 nitrogen and oxygen atoms in total. The maximum atomic E-state index is 13.1. The molecule has 1 aliphatic rings. The largest absolute Gasteiger partial charge is 0.507 e. The third kappa shape index (κ3) is 3.35. The van der Waals surface area contributed by atoms with Gasteiger partial charge in [-0.2, -0.15) is 0 Å². The number of nitrogens with zero attached hydrogens (tertiary/aromatic N) is 1. The van der Waals surface area contributed by atoms with Gasteiger partial charge in [-0.15, -0.1) is 0 Å². The number of amides is 1. The van der Waals surface area contributed by atoms with Crippen molar-refractivity contribution in [3.05, 3.63) is 105 Å². The highest BCUT2D eigenvalue weighted by atomic mass is 79.9. The molecular formula is C25H20BrNO3. The molecule has 3 aromatic rings. The van der Waals surface area contributed by atoms with Crippen molar-refractivity contribution in [1.82, 2.24) is 0 Å². The van der Waals surface area contributed by atoms with E-state index in [1.807, 2.05) is 62.4 Å². The Labute approximate surface area is 183 Å². The van der Waals surface area contributed by atoms with Gasteiger partial charge in [0.1, 0.15) is 5.76 Å². The molecule has 1 unspecified atom stereocenters. The van der Waals surface area contributed by atoms with E-state index in [1.54, 1.807) is 24.3 Å². The molecule has 0 spiro atoms. The van der Waals surface area contributed by atoms with Gasteiger partial charge in [0.2, 0.25) is 0 Å². The molecule has 1 saturated heterocycles. The molecule has 0 aliphatic carbocycles. The molecule has 1 aliphatic heterocycles. The fourth-order valence-corrected chi connectivity index (χ4v) is 4.07. The lowest BCUT2D eigenvalue weighted by atomic mass is 9.92. The molecule has 4 rings (SSSR count). The summed E-state index contributed by atoms with van der Waals surface area (Å²) in [4.78, 5) is 27.7. The number of para-hydroxylation sites is 1. The number of ketones is 1. The van der Waals surface area contributed by atoms with E-state index in [-0.39, 0.29) is 11.3 Å². The van der Waals surface area contributed by atoms with E-state index in [4.69, 9.17) is 0 Å². The Balaban J connectivity index is 1.98. The van der Waals surface area contributed by atoms with Crippen LogP contribution in [0.25, 0.3) is 5.76 Å². The molecule has 150 valence electrons. The van der Waals surface area contributed by atoms with Crippen molar-refractivity contribution in [2.45, 2.75) is 19.9 Å². The number of rotatable bonds is 3. The Hall–Kier alpha value is -3.18. The summed E-state index contributed by atoms with van der Waals surface area (Å²) < 4.78 is 0.902. The molecule has 1 atom stereocenters. The summed E-state index contributed by atoms with van der Waals surface area (Å²) in [5, 5.41) is 11.2. The van der Waals surface area contributed by atoms with Crippen LogP contribution in [-0.4, -0.2) is 16.8 Å². The number of aliphatic hydroxyl groups is 1. The van der Waals surface area contributed by atoms with Gasteiger partial charge in [-0.25, -0.2) is 0 Å². The fraction of sp³-hybridized carbons (Fsp3) is 0.120. The molecule has 0 aromatic heterocycles. The van der Waals surface area contributed by atoms with Crippen LogP contribution in [0, 0.1) is 13.8 Å². The number of hydrogen-bond acceptors (Lipinski definition) is 3. The van der Waals surface area contributed by atoms with Crippen LogP contribution in [0.5, 0.6) is 0 Å². The SMILES string of the molecule is Cc1cc(/C(O)=C2\C(=O)C(=O)N(c3ccccc3)C2c2ccccc2C)ccc1Br. The zero-order valence-corrected chi connectivity index (χ0v) is 18.2. The number of benzene rings is 3. The summed E-state index contributed by atoms with van der Waals surface area (Å²) in [6, 6.07) is 21.3. The van der Waals surface area contributed by atoms with Gasteiger partial charge < -0.3 is 5.11 Å². The Kier molecular flexibility index (Phi) is 5.31. The van der Waals surface area contributed by atoms with E-state index in [2.05, 4.69) is 15.9 Å². The predicted octanol–water partition coefficient (Wildman–Crippen LogP) is 5.69. The maximum Gasteiger partial charge on any atom is 0.300 e. The molecule has 5 heteroatoms. The second-order valence-corrected chi connectivity index (χ2v) is 8.18. The summed E-state index contributed by atoms with van der Waals surface area (Å²) in [5.74, 6) is -1.51. The Morgan fingerprint density at radius 3 is 2.23 bits per heavy atom. The third-order valence-electron chi connectivity index (χ3n) is 5.39. The molecule has 0 bridgehead atoms. The van der Waals surface area contributed by atoms with E-state index in [9.17, 15) is 14.7 Å². The van der Waals surface area contributed by atoms with E-state index in [1.165, 1.54) is 4.90 Å². The highest BCUT2D eigenvalue weighted by Gasteiger charge is 2.47. The maximum absolute atomic E-state index is 13.1. The zero-order valence-electron chi connectivity index (χ0n) is 16.6. The summed E-state index contributed by atoms with van der Waals surface area (Å²) in [5.41, 5.74) is 3.86. The van der Waals surface area contributed by atoms with Crippen LogP contribution in [0.2, 0.25) is 0 Å². The normalized spacial score (nSPS) is 18.1. The predicted molar refractivity (Wildman–Crippen MR) is 121 cm³/mol. The van der Waals surface area contributed by atoms with Crippen LogP contribution < -0.4 is 4.90 Å². The summed E-state index contributed by atoms with van der Waals surface area (Å²) >= 11 is 3.45. The molecule has 1 fully saturated rings. The van der Waals surface area contributed by atoms with Crippen LogP contribution in [0.3, 0.4) is 0 Å². The van der Waals surface area contributed by atoms with Crippen LogP contribution in [0.1, 0.15) is 28.3 Å². The minimum absolute atomic E-state index is 0.0971. The van der Waals surface area contributed by atoms with E-state index in [0.29, 0.717) is 11.3 Å². The fourth-order valence-electron chi connectivity index (χ4n) is 3.82. The van der Waals surface area contributed by atoms with Crippen molar-refractivity contribution in [2.75, 3.05) is 4.90 Å². The van der Waals surface area contributed by atoms with Crippen LogP contribution in [-0.2, 0) is 9.59 Å². The van der Waals surface area contributed by atoms with Gasteiger partial charge in [0, 0.05) is 15.7 Å². The lowest BCUT2D eigenvalue weighted by Crippen LogP contribution is -2.29. The smallest absolute Gasteiger partial charge is 0.300 e. The summed E-state index contributed by atoms with van der Waals surface area (Å²) in [7, 11) is 0. The molecular weight excluding hydrogens is 442 g/mol.